The molecule has 1 fully saturated rings. The quantitative estimate of drug-likeness (QED) is 0.449. The van der Waals surface area contributed by atoms with Crippen LogP contribution in [0.25, 0.3) is 11.1 Å². The van der Waals surface area contributed by atoms with Gasteiger partial charge in [-0.05, 0) is 54.8 Å². The van der Waals surface area contributed by atoms with E-state index in [1.165, 1.54) is 0 Å². The third-order valence-electron chi connectivity index (χ3n) is 6.24. The summed E-state index contributed by atoms with van der Waals surface area (Å²) in [4.78, 5) is 2.06. The van der Waals surface area contributed by atoms with E-state index < -0.39 is 32.5 Å². The highest BCUT2D eigenvalue weighted by atomic mass is 32.2. The first-order valence-electron chi connectivity index (χ1n) is 11.1. The summed E-state index contributed by atoms with van der Waals surface area (Å²) in [6.07, 6.45) is 0.713. The number of hydrogen-bond donors (Lipinski definition) is 0. The van der Waals surface area contributed by atoms with Crippen molar-refractivity contribution in [2.75, 3.05) is 20.2 Å². The Hall–Kier alpha value is -2.68. The van der Waals surface area contributed by atoms with E-state index in [2.05, 4.69) is 0 Å². The van der Waals surface area contributed by atoms with Crippen molar-refractivity contribution in [3.05, 3.63) is 89.2 Å². The predicted octanol–water partition coefficient (Wildman–Crippen LogP) is 5.36. The number of halogens is 3. The maximum absolute atomic E-state index is 14.0. The van der Waals surface area contributed by atoms with Crippen molar-refractivity contribution in [3.8, 4) is 11.1 Å². The van der Waals surface area contributed by atoms with Crippen LogP contribution in [0.1, 0.15) is 24.0 Å². The van der Waals surface area contributed by atoms with Gasteiger partial charge in [0.25, 0.3) is 0 Å². The van der Waals surface area contributed by atoms with Crippen LogP contribution >= 0.6 is 0 Å². The molecule has 0 saturated carbocycles. The van der Waals surface area contributed by atoms with Crippen molar-refractivity contribution < 1.29 is 26.3 Å². The molecule has 1 saturated heterocycles. The van der Waals surface area contributed by atoms with Gasteiger partial charge in [-0.3, -0.25) is 4.90 Å². The van der Waals surface area contributed by atoms with Crippen molar-refractivity contribution in [3.63, 3.8) is 0 Å². The average molecular weight is 490 g/mol. The molecule has 0 unspecified atom stereocenters. The summed E-state index contributed by atoms with van der Waals surface area (Å²) in [5.74, 6) is -2.82. The summed E-state index contributed by atoms with van der Waals surface area (Å²) >= 11 is 0. The molecule has 0 aliphatic carbocycles. The lowest BCUT2D eigenvalue weighted by atomic mass is 10.0. The molecule has 0 spiro atoms. The van der Waals surface area contributed by atoms with Crippen LogP contribution in [0.3, 0.4) is 0 Å². The van der Waals surface area contributed by atoms with Gasteiger partial charge >= 0.3 is 0 Å². The van der Waals surface area contributed by atoms with Crippen molar-refractivity contribution >= 4 is 9.84 Å². The van der Waals surface area contributed by atoms with Crippen LogP contribution in [-0.4, -0.2) is 38.8 Å². The number of ether oxygens (including phenoxy) is 1. The molecule has 0 N–H and O–H groups in total. The van der Waals surface area contributed by atoms with Crippen molar-refractivity contribution in [2.24, 2.45) is 0 Å². The molecule has 34 heavy (non-hydrogen) atoms. The maximum atomic E-state index is 14.0. The Kier molecular flexibility index (Phi) is 7.40. The molecule has 0 amide bonds. The minimum absolute atomic E-state index is 0.0252. The molecule has 4 rings (SSSR count). The van der Waals surface area contributed by atoms with Crippen molar-refractivity contribution in [2.45, 2.75) is 36.1 Å². The third-order valence-corrected chi connectivity index (χ3v) is 8.52. The Morgan fingerprint density at radius 3 is 1.94 bits per heavy atom. The average Bonchev–Trinajstić information content (AvgIpc) is 2.82. The Morgan fingerprint density at radius 2 is 1.41 bits per heavy atom. The van der Waals surface area contributed by atoms with E-state index in [0.29, 0.717) is 44.7 Å². The Labute approximate surface area is 197 Å². The molecule has 0 radical (unpaired) electrons. The molecular weight excluding hydrogens is 463 g/mol. The lowest BCUT2D eigenvalue weighted by molar-refractivity contribution is 0.185. The summed E-state index contributed by atoms with van der Waals surface area (Å²) in [6, 6.07) is 16.1. The summed E-state index contributed by atoms with van der Waals surface area (Å²) in [5.41, 5.74) is 2.76. The van der Waals surface area contributed by atoms with Crippen LogP contribution in [0, 0.1) is 17.5 Å². The monoisotopic (exact) mass is 489 g/mol. The largest absolute Gasteiger partial charge is 0.380 e. The van der Waals surface area contributed by atoms with E-state index in [4.69, 9.17) is 4.74 Å². The topological polar surface area (TPSA) is 46.6 Å². The molecule has 1 aliphatic heterocycles. The number of piperidine rings is 1. The molecule has 3 aromatic carbocycles. The molecule has 1 heterocycles. The first kappa shape index (κ1) is 24.4. The fraction of sp³-hybridized carbons (Fsp3) is 0.308. The summed E-state index contributed by atoms with van der Waals surface area (Å²) in [7, 11) is -1.89. The summed E-state index contributed by atoms with van der Waals surface area (Å²) in [6.45, 7) is 1.27. The Balaban J connectivity index is 1.40. The van der Waals surface area contributed by atoms with Crippen LogP contribution < -0.4 is 0 Å². The molecule has 0 bridgehead atoms. The summed E-state index contributed by atoms with van der Waals surface area (Å²) in [5, 5.41) is -0.564. The lowest BCUT2D eigenvalue weighted by Crippen LogP contribution is -2.39. The minimum atomic E-state index is -3.53. The second-order valence-electron chi connectivity index (χ2n) is 8.52. The van der Waals surface area contributed by atoms with E-state index in [1.807, 2.05) is 24.3 Å². The number of nitrogens with zero attached hydrogens (tertiary/aromatic N) is 1. The lowest BCUT2D eigenvalue weighted by Gasteiger charge is -2.31. The van der Waals surface area contributed by atoms with Gasteiger partial charge in [0.1, 0.15) is 17.5 Å². The molecule has 4 nitrogen and oxygen atoms in total. The van der Waals surface area contributed by atoms with E-state index in [-0.39, 0.29) is 17.0 Å². The first-order valence-corrected chi connectivity index (χ1v) is 12.6. The van der Waals surface area contributed by atoms with Crippen molar-refractivity contribution in [1.82, 2.24) is 4.90 Å². The van der Waals surface area contributed by atoms with Gasteiger partial charge in [0.15, 0.2) is 9.84 Å². The highest BCUT2D eigenvalue weighted by molar-refractivity contribution is 7.92. The number of sulfone groups is 1. The Bertz CT molecular complexity index is 1210. The number of benzene rings is 3. The molecule has 0 atom stereocenters. The van der Waals surface area contributed by atoms with Gasteiger partial charge in [0.2, 0.25) is 0 Å². The van der Waals surface area contributed by atoms with Gasteiger partial charge in [0.05, 0.1) is 16.8 Å². The SMILES string of the molecule is COCc1ccc(-c2ccc(S(=O)(=O)C3CCN(Cc4c(F)cc(F)cc4F)CC3)cc2)cc1. The van der Waals surface area contributed by atoms with Gasteiger partial charge in [-0.2, -0.15) is 0 Å². The molecular formula is C26H26F3NO3S. The molecule has 8 heteroatoms. The van der Waals surface area contributed by atoms with Crippen LogP contribution in [0.2, 0.25) is 0 Å². The van der Waals surface area contributed by atoms with Crippen LogP contribution in [0.5, 0.6) is 0 Å². The zero-order valence-corrected chi connectivity index (χ0v) is 19.6. The zero-order chi connectivity index (χ0) is 24.3. The molecule has 0 aromatic heterocycles. The smallest absolute Gasteiger partial charge is 0.181 e. The van der Waals surface area contributed by atoms with E-state index in [9.17, 15) is 21.6 Å². The maximum Gasteiger partial charge on any atom is 0.181 e. The van der Waals surface area contributed by atoms with Gasteiger partial charge in [-0.25, -0.2) is 21.6 Å². The van der Waals surface area contributed by atoms with Gasteiger partial charge in [-0.15, -0.1) is 0 Å². The number of methoxy groups -OCH3 is 1. The molecule has 180 valence electrons. The predicted molar refractivity (Wildman–Crippen MR) is 124 cm³/mol. The van der Waals surface area contributed by atoms with Crippen molar-refractivity contribution in [1.29, 1.82) is 0 Å². The van der Waals surface area contributed by atoms with Gasteiger partial charge in [0, 0.05) is 31.4 Å². The number of rotatable bonds is 7. The molecule has 1 aliphatic rings. The van der Waals surface area contributed by atoms with Gasteiger partial charge < -0.3 is 4.74 Å². The highest BCUT2D eigenvalue weighted by Gasteiger charge is 2.32. The van der Waals surface area contributed by atoms with E-state index in [0.717, 1.165) is 16.7 Å². The normalized spacial score (nSPS) is 15.5. The minimum Gasteiger partial charge on any atom is -0.380 e. The van der Waals surface area contributed by atoms with Crippen LogP contribution in [0.15, 0.2) is 65.6 Å². The molecule has 3 aromatic rings. The highest BCUT2D eigenvalue weighted by Crippen LogP contribution is 2.28. The van der Waals surface area contributed by atoms with Crippen LogP contribution in [-0.2, 0) is 27.7 Å². The van der Waals surface area contributed by atoms with E-state index in [1.54, 1.807) is 36.3 Å². The first-order chi connectivity index (χ1) is 16.3. The fourth-order valence-corrected chi connectivity index (χ4v) is 6.05. The van der Waals surface area contributed by atoms with Crippen LogP contribution in [0.4, 0.5) is 13.2 Å². The zero-order valence-electron chi connectivity index (χ0n) is 18.8. The number of likely N-dealkylation sites (tertiary alicyclic amines) is 1. The van der Waals surface area contributed by atoms with E-state index >= 15 is 0 Å². The number of hydrogen-bond acceptors (Lipinski definition) is 4. The third kappa shape index (κ3) is 5.35. The van der Waals surface area contributed by atoms with Gasteiger partial charge in [-0.1, -0.05) is 36.4 Å². The second kappa shape index (κ2) is 10.3. The standard InChI is InChI=1S/C26H26F3NO3S/c1-33-17-18-2-4-19(5-3-18)20-6-8-22(9-7-20)34(31,32)23-10-12-30(13-11-23)16-24-25(28)14-21(27)15-26(24)29/h2-9,14-15,23H,10-13,16-17H2,1H3. The Morgan fingerprint density at radius 1 is 0.882 bits per heavy atom. The fourth-order valence-electron chi connectivity index (χ4n) is 4.31. The second-order valence-corrected chi connectivity index (χ2v) is 10.8. The summed E-state index contributed by atoms with van der Waals surface area (Å²) < 4.78 is 72.5.